The van der Waals surface area contributed by atoms with E-state index >= 15 is 0 Å². The van der Waals surface area contributed by atoms with Gasteiger partial charge in [0.15, 0.2) is 0 Å². The van der Waals surface area contributed by atoms with Crippen molar-refractivity contribution in [2.24, 2.45) is 0 Å². The lowest BCUT2D eigenvalue weighted by Gasteiger charge is -2.17. The van der Waals surface area contributed by atoms with Crippen LogP contribution in [0.25, 0.3) is 0 Å². The maximum Gasteiger partial charge on any atom is 0.339 e. The predicted molar refractivity (Wildman–Crippen MR) is 79.7 cm³/mol. The van der Waals surface area contributed by atoms with E-state index in [2.05, 4.69) is 10.3 Å². The SMILES string of the molecule is CC(Nc1nc(Cl)ccc1C(=O)O)c1ccccc1Cl. The highest BCUT2D eigenvalue weighted by Crippen LogP contribution is 2.27. The minimum Gasteiger partial charge on any atom is -0.478 e. The zero-order valence-electron chi connectivity index (χ0n) is 10.6. The molecule has 6 heteroatoms. The average molecular weight is 311 g/mol. The molecule has 2 aromatic rings. The number of hydrogen-bond donors (Lipinski definition) is 2. The zero-order valence-corrected chi connectivity index (χ0v) is 12.1. The first-order valence-electron chi connectivity index (χ1n) is 5.90. The van der Waals surface area contributed by atoms with E-state index in [1.807, 2.05) is 25.1 Å². The summed E-state index contributed by atoms with van der Waals surface area (Å²) in [5.74, 6) is -0.847. The Morgan fingerprint density at radius 1 is 1.25 bits per heavy atom. The van der Waals surface area contributed by atoms with Crippen molar-refractivity contribution < 1.29 is 9.90 Å². The Labute approximate surface area is 126 Å². The van der Waals surface area contributed by atoms with Crippen LogP contribution in [0.3, 0.4) is 0 Å². The van der Waals surface area contributed by atoms with Crippen molar-refractivity contribution in [2.75, 3.05) is 5.32 Å². The molecule has 1 aromatic heterocycles. The van der Waals surface area contributed by atoms with Crippen LogP contribution in [0.2, 0.25) is 10.2 Å². The van der Waals surface area contributed by atoms with Gasteiger partial charge in [-0.1, -0.05) is 41.4 Å². The fourth-order valence-corrected chi connectivity index (χ4v) is 2.27. The number of aromatic nitrogens is 1. The third kappa shape index (κ3) is 3.21. The molecule has 0 aliphatic heterocycles. The number of nitrogens with zero attached hydrogens (tertiary/aromatic N) is 1. The number of carboxylic acid groups (broad SMARTS) is 1. The van der Waals surface area contributed by atoms with Crippen LogP contribution in [0, 0.1) is 0 Å². The van der Waals surface area contributed by atoms with Crippen molar-refractivity contribution in [2.45, 2.75) is 13.0 Å². The topological polar surface area (TPSA) is 62.2 Å². The molecule has 0 fully saturated rings. The van der Waals surface area contributed by atoms with Crippen molar-refractivity contribution >= 4 is 35.0 Å². The molecule has 0 bridgehead atoms. The molecule has 1 aromatic carbocycles. The summed E-state index contributed by atoms with van der Waals surface area (Å²) in [6.07, 6.45) is 0. The third-order valence-electron chi connectivity index (χ3n) is 2.82. The van der Waals surface area contributed by atoms with E-state index in [0.29, 0.717) is 5.02 Å². The predicted octanol–water partition coefficient (Wildman–Crippen LogP) is 4.26. The van der Waals surface area contributed by atoms with Crippen LogP contribution in [0.4, 0.5) is 5.82 Å². The first kappa shape index (κ1) is 14.6. The normalized spacial score (nSPS) is 11.9. The molecule has 0 radical (unpaired) electrons. The number of hydrogen-bond acceptors (Lipinski definition) is 3. The number of halogens is 2. The van der Waals surface area contributed by atoms with Gasteiger partial charge in [0.2, 0.25) is 0 Å². The maximum atomic E-state index is 11.2. The highest BCUT2D eigenvalue weighted by Gasteiger charge is 2.16. The van der Waals surface area contributed by atoms with Gasteiger partial charge < -0.3 is 10.4 Å². The molecule has 2 N–H and O–H groups in total. The minimum atomic E-state index is -1.07. The molecule has 0 spiro atoms. The fraction of sp³-hybridized carbons (Fsp3) is 0.143. The molecule has 2 rings (SSSR count). The summed E-state index contributed by atoms with van der Waals surface area (Å²) >= 11 is 11.9. The molecule has 0 aliphatic rings. The third-order valence-corrected chi connectivity index (χ3v) is 3.37. The zero-order chi connectivity index (χ0) is 14.7. The number of carbonyl (C=O) groups is 1. The average Bonchev–Trinajstić information content (AvgIpc) is 2.38. The molecule has 1 unspecified atom stereocenters. The van der Waals surface area contributed by atoms with Crippen LogP contribution in [-0.4, -0.2) is 16.1 Å². The molecule has 0 aliphatic carbocycles. The Kier molecular flexibility index (Phi) is 4.47. The maximum absolute atomic E-state index is 11.2. The van der Waals surface area contributed by atoms with E-state index in [0.717, 1.165) is 5.56 Å². The summed E-state index contributed by atoms with van der Waals surface area (Å²) in [6, 6.07) is 9.99. The molecule has 104 valence electrons. The summed E-state index contributed by atoms with van der Waals surface area (Å²) in [5.41, 5.74) is 0.917. The van der Waals surface area contributed by atoms with E-state index in [1.165, 1.54) is 12.1 Å². The lowest BCUT2D eigenvalue weighted by molar-refractivity contribution is 0.0697. The quantitative estimate of drug-likeness (QED) is 0.828. The number of benzene rings is 1. The van der Waals surface area contributed by atoms with Crippen molar-refractivity contribution in [3.05, 3.63) is 57.7 Å². The lowest BCUT2D eigenvalue weighted by atomic mass is 10.1. The smallest absolute Gasteiger partial charge is 0.339 e. The Bertz CT molecular complexity index is 647. The van der Waals surface area contributed by atoms with Gasteiger partial charge in [-0.3, -0.25) is 0 Å². The molecule has 1 heterocycles. The van der Waals surface area contributed by atoms with Crippen molar-refractivity contribution in [1.82, 2.24) is 4.98 Å². The standard InChI is InChI=1S/C14H12Cl2N2O2/c1-8(9-4-2-3-5-11(9)15)17-13-10(14(19)20)6-7-12(16)18-13/h2-8H,1H3,(H,17,18)(H,19,20). The Morgan fingerprint density at radius 3 is 2.60 bits per heavy atom. The number of rotatable bonds is 4. The van der Waals surface area contributed by atoms with E-state index < -0.39 is 5.97 Å². The van der Waals surface area contributed by atoms with Gasteiger partial charge in [-0.05, 0) is 30.7 Å². The van der Waals surface area contributed by atoms with Crippen molar-refractivity contribution in [1.29, 1.82) is 0 Å². The first-order chi connectivity index (χ1) is 9.49. The summed E-state index contributed by atoms with van der Waals surface area (Å²) in [5, 5.41) is 13.0. The molecule has 4 nitrogen and oxygen atoms in total. The molecule has 0 amide bonds. The highest BCUT2D eigenvalue weighted by molar-refractivity contribution is 6.31. The van der Waals surface area contributed by atoms with Crippen LogP contribution < -0.4 is 5.32 Å². The van der Waals surface area contributed by atoms with Crippen molar-refractivity contribution in [3.8, 4) is 0 Å². The van der Waals surface area contributed by atoms with Gasteiger partial charge in [0.25, 0.3) is 0 Å². The summed E-state index contributed by atoms with van der Waals surface area (Å²) in [4.78, 5) is 15.2. The molecular weight excluding hydrogens is 299 g/mol. The van der Waals surface area contributed by atoms with Crippen LogP contribution in [0.15, 0.2) is 36.4 Å². The van der Waals surface area contributed by atoms with Gasteiger partial charge in [0.05, 0.1) is 6.04 Å². The van der Waals surface area contributed by atoms with Crippen LogP contribution in [0.1, 0.15) is 28.9 Å². The largest absolute Gasteiger partial charge is 0.478 e. The van der Waals surface area contributed by atoms with E-state index in [1.54, 1.807) is 6.07 Å². The van der Waals surface area contributed by atoms with Crippen LogP contribution in [0.5, 0.6) is 0 Å². The van der Waals surface area contributed by atoms with E-state index in [9.17, 15) is 4.79 Å². The monoisotopic (exact) mass is 310 g/mol. The van der Waals surface area contributed by atoms with E-state index in [-0.39, 0.29) is 22.6 Å². The minimum absolute atomic E-state index is 0.0632. The van der Waals surface area contributed by atoms with Gasteiger partial charge >= 0.3 is 5.97 Å². The van der Waals surface area contributed by atoms with Gasteiger partial charge in [-0.2, -0.15) is 0 Å². The second kappa shape index (κ2) is 6.11. The molecule has 0 saturated carbocycles. The van der Waals surface area contributed by atoms with Gasteiger partial charge in [0, 0.05) is 5.02 Å². The number of pyridine rings is 1. The molecule has 20 heavy (non-hydrogen) atoms. The van der Waals surface area contributed by atoms with Crippen molar-refractivity contribution in [3.63, 3.8) is 0 Å². The Morgan fingerprint density at radius 2 is 1.95 bits per heavy atom. The molecular formula is C14H12Cl2N2O2. The summed E-state index contributed by atoms with van der Waals surface area (Å²) in [7, 11) is 0. The lowest BCUT2D eigenvalue weighted by Crippen LogP contribution is -2.12. The number of carboxylic acids is 1. The second-order valence-corrected chi connectivity index (χ2v) is 5.02. The molecule has 1 atom stereocenters. The van der Waals surface area contributed by atoms with Crippen LogP contribution in [-0.2, 0) is 0 Å². The molecule has 0 saturated heterocycles. The Hall–Kier alpha value is -1.78. The van der Waals surface area contributed by atoms with Crippen LogP contribution >= 0.6 is 23.2 Å². The summed E-state index contributed by atoms with van der Waals surface area (Å²) in [6.45, 7) is 1.87. The Balaban J connectivity index is 2.32. The number of nitrogens with one attached hydrogen (secondary N) is 1. The number of anilines is 1. The highest BCUT2D eigenvalue weighted by atomic mass is 35.5. The van der Waals surface area contributed by atoms with Gasteiger partial charge in [-0.25, -0.2) is 9.78 Å². The second-order valence-electron chi connectivity index (χ2n) is 4.22. The van der Waals surface area contributed by atoms with Gasteiger partial charge in [-0.15, -0.1) is 0 Å². The number of aromatic carboxylic acids is 1. The first-order valence-corrected chi connectivity index (χ1v) is 6.65. The fourth-order valence-electron chi connectivity index (χ4n) is 1.83. The van der Waals surface area contributed by atoms with Gasteiger partial charge in [0.1, 0.15) is 16.5 Å². The van der Waals surface area contributed by atoms with E-state index in [4.69, 9.17) is 28.3 Å². The summed E-state index contributed by atoms with van der Waals surface area (Å²) < 4.78 is 0.